The van der Waals surface area contributed by atoms with E-state index < -0.39 is 5.97 Å². The molecule has 0 saturated carbocycles. The Balaban J connectivity index is 4.24. The van der Waals surface area contributed by atoms with Crippen LogP contribution in [0.4, 0.5) is 4.79 Å². The Morgan fingerprint density at radius 1 is 1.30 bits per heavy atom. The van der Waals surface area contributed by atoms with Gasteiger partial charge in [0.1, 0.15) is 0 Å². The van der Waals surface area contributed by atoms with Gasteiger partial charge in [-0.05, 0) is 20.3 Å². The predicted molar refractivity (Wildman–Crippen MR) is 74.8 cm³/mol. The molecule has 0 aromatic rings. The van der Waals surface area contributed by atoms with Crippen LogP contribution in [0.3, 0.4) is 0 Å². The summed E-state index contributed by atoms with van der Waals surface area (Å²) in [6.07, 6.45) is 0.296. The van der Waals surface area contributed by atoms with E-state index >= 15 is 0 Å². The van der Waals surface area contributed by atoms with Gasteiger partial charge in [-0.1, -0.05) is 0 Å². The lowest BCUT2D eigenvalue weighted by molar-refractivity contribution is -0.137. The fourth-order valence-electron chi connectivity index (χ4n) is 1.69. The first-order valence-corrected chi connectivity index (χ1v) is 6.70. The molecule has 0 bridgehead atoms. The average Bonchev–Trinajstić information content (AvgIpc) is 2.38. The van der Waals surface area contributed by atoms with Crippen molar-refractivity contribution >= 4 is 12.0 Å². The second-order valence-electron chi connectivity index (χ2n) is 4.78. The molecule has 0 aliphatic rings. The lowest BCUT2D eigenvalue weighted by Crippen LogP contribution is -2.47. The van der Waals surface area contributed by atoms with Crippen molar-refractivity contribution in [3.8, 4) is 0 Å². The molecule has 0 fully saturated rings. The van der Waals surface area contributed by atoms with Crippen molar-refractivity contribution in [1.82, 2.24) is 10.2 Å². The molecule has 7 nitrogen and oxygen atoms in total. The van der Waals surface area contributed by atoms with E-state index in [-0.39, 0.29) is 24.6 Å². The maximum absolute atomic E-state index is 12.1. The van der Waals surface area contributed by atoms with E-state index in [1.807, 2.05) is 13.8 Å². The Labute approximate surface area is 120 Å². The summed E-state index contributed by atoms with van der Waals surface area (Å²) in [6, 6.07) is -0.212. The maximum Gasteiger partial charge on any atom is 0.317 e. The van der Waals surface area contributed by atoms with Crippen molar-refractivity contribution in [3.63, 3.8) is 0 Å². The van der Waals surface area contributed by atoms with Crippen LogP contribution in [0, 0.1) is 0 Å². The Morgan fingerprint density at radius 3 is 2.40 bits per heavy atom. The van der Waals surface area contributed by atoms with Crippen LogP contribution in [0.2, 0.25) is 0 Å². The topological polar surface area (TPSA) is 88.1 Å². The number of nitrogens with zero attached hydrogens (tertiary/aromatic N) is 1. The number of carboxylic acids is 1. The van der Waals surface area contributed by atoms with Gasteiger partial charge < -0.3 is 24.8 Å². The highest BCUT2D eigenvalue weighted by Gasteiger charge is 2.18. The first-order valence-electron chi connectivity index (χ1n) is 6.70. The summed E-state index contributed by atoms with van der Waals surface area (Å²) in [5.74, 6) is -0.853. The van der Waals surface area contributed by atoms with E-state index in [1.165, 1.54) is 0 Å². The highest BCUT2D eigenvalue weighted by molar-refractivity contribution is 5.74. The van der Waals surface area contributed by atoms with E-state index in [9.17, 15) is 9.59 Å². The third kappa shape index (κ3) is 7.96. The van der Waals surface area contributed by atoms with Crippen LogP contribution in [-0.2, 0) is 14.3 Å². The number of carbonyl (C=O) groups is 2. The minimum absolute atomic E-state index is 0.00668. The molecule has 118 valence electrons. The van der Waals surface area contributed by atoms with E-state index in [1.54, 1.807) is 19.1 Å². The van der Waals surface area contributed by atoms with Crippen LogP contribution in [0.1, 0.15) is 26.7 Å². The van der Waals surface area contributed by atoms with Gasteiger partial charge >= 0.3 is 12.0 Å². The average molecular weight is 290 g/mol. The van der Waals surface area contributed by atoms with Crippen molar-refractivity contribution in [2.45, 2.75) is 38.8 Å². The molecule has 0 aliphatic heterocycles. The Kier molecular flexibility index (Phi) is 9.75. The molecule has 1 unspecified atom stereocenters. The monoisotopic (exact) mass is 290 g/mol. The van der Waals surface area contributed by atoms with Crippen molar-refractivity contribution in [1.29, 1.82) is 0 Å². The predicted octanol–water partition coefficient (Wildman–Crippen LogP) is 0.933. The number of aliphatic carboxylic acids is 1. The van der Waals surface area contributed by atoms with Crippen LogP contribution >= 0.6 is 0 Å². The lowest BCUT2D eigenvalue weighted by Gasteiger charge is -2.27. The summed E-state index contributed by atoms with van der Waals surface area (Å²) >= 11 is 0. The summed E-state index contributed by atoms with van der Waals surface area (Å²) in [5.41, 5.74) is 0. The molecule has 7 heteroatoms. The zero-order valence-electron chi connectivity index (χ0n) is 12.7. The van der Waals surface area contributed by atoms with Crippen molar-refractivity contribution < 1.29 is 24.2 Å². The number of hydrogen-bond acceptors (Lipinski definition) is 4. The minimum Gasteiger partial charge on any atom is -0.481 e. The Morgan fingerprint density at radius 2 is 1.95 bits per heavy atom. The van der Waals surface area contributed by atoms with Gasteiger partial charge in [0.05, 0.1) is 12.7 Å². The zero-order chi connectivity index (χ0) is 15.5. The van der Waals surface area contributed by atoms with Crippen molar-refractivity contribution in [2.75, 3.05) is 33.9 Å². The molecule has 0 aliphatic carbocycles. The van der Waals surface area contributed by atoms with Gasteiger partial charge in [-0.15, -0.1) is 0 Å². The van der Waals surface area contributed by atoms with Crippen molar-refractivity contribution in [3.05, 3.63) is 0 Å². The highest BCUT2D eigenvalue weighted by atomic mass is 16.5. The Bertz CT molecular complexity index is 296. The molecule has 2 N–H and O–H groups in total. The van der Waals surface area contributed by atoms with Crippen LogP contribution in [-0.4, -0.2) is 68.1 Å². The number of amides is 2. The second kappa shape index (κ2) is 10.4. The molecule has 0 aromatic heterocycles. The lowest BCUT2D eigenvalue weighted by atomic mass is 10.2. The standard InChI is InChI=1S/C13H26N2O5/c1-10(2)15(7-5-6-12(16)17)13(18)14-8-11(20-4)9-19-3/h10-11H,5-9H2,1-4H3,(H,14,18)(H,16,17). The number of hydrogen-bond donors (Lipinski definition) is 2. The zero-order valence-corrected chi connectivity index (χ0v) is 12.7. The van der Waals surface area contributed by atoms with E-state index in [0.29, 0.717) is 26.1 Å². The fourth-order valence-corrected chi connectivity index (χ4v) is 1.69. The van der Waals surface area contributed by atoms with Crippen LogP contribution < -0.4 is 5.32 Å². The number of carboxylic acid groups (broad SMARTS) is 1. The first kappa shape index (κ1) is 18.7. The van der Waals surface area contributed by atoms with Crippen LogP contribution in [0.15, 0.2) is 0 Å². The minimum atomic E-state index is -0.853. The van der Waals surface area contributed by atoms with Gasteiger partial charge in [-0.2, -0.15) is 0 Å². The van der Waals surface area contributed by atoms with Crippen molar-refractivity contribution in [2.24, 2.45) is 0 Å². The molecular weight excluding hydrogens is 264 g/mol. The Hall–Kier alpha value is -1.34. The molecule has 2 amide bonds. The van der Waals surface area contributed by atoms with Gasteiger partial charge in [0.25, 0.3) is 0 Å². The third-order valence-electron chi connectivity index (χ3n) is 2.84. The SMILES string of the molecule is COCC(CNC(=O)N(CCCC(=O)O)C(C)C)OC. The van der Waals surface area contributed by atoms with Gasteiger partial charge in [0, 0.05) is 39.8 Å². The van der Waals surface area contributed by atoms with Gasteiger partial charge in [0.15, 0.2) is 0 Å². The summed E-state index contributed by atoms with van der Waals surface area (Å²) in [5, 5.41) is 11.4. The second-order valence-corrected chi connectivity index (χ2v) is 4.78. The van der Waals surface area contributed by atoms with E-state index in [2.05, 4.69) is 5.32 Å². The van der Waals surface area contributed by atoms with E-state index in [4.69, 9.17) is 14.6 Å². The summed E-state index contributed by atoms with van der Waals surface area (Å²) in [4.78, 5) is 24.2. The summed E-state index contributed by atoms with van der Waals surface area (Å²) in [6.45, 7) is 4.95. The van der Waals surface area contributed by atoms with Gasteiger partial charge in [-0.3, -0.25) is 4.79 Å². The summed E-state index contributed by atoms with van der Waals surface area (Å²) < 4.78 is 10.1. The summed E-state index contributed by atoms with van der Waals surface area (Å²) in [7, 11) is 3.13. The molecule has 0 spiro atoms. The molecule has 0 aromatic carbocycles. The molecular formula is C13H26N2O5. The number of urea groups is 1. The third-order valence-corrected chi connectivity index (χ3v) is 2.84. The molecule has 0 rings (SSSR count). The van der Waals surface area contributed by atoms with Gasteiger partial charge in [0.2, 0.25) is 0 Å². The number of methoxy groups -OCH3 is 2. The molecule has 20 heavy (non-hydrogen) atoms. The molecule has 0 saturated heterocycles. The quantitative estimate of drug-likeness (QED) is 0.625. The number of carbonyl (C=O) groups excluding carboxylic acids is 1. The normalized spacial score (nSPS) is 12.2. The first-order chi connectivity index (χ1) is 9.42. The molecule has 1 atom stereocenters. The maximum atomic E-state index is 12.1. The molecule has 0 radical (unpaired) electrons. The van der Waals surface area contributed by atoms with Gasteiger partial charge in [-0.25, -0.2) is 4.79 Å². The fraction of sp³-hybridized carbons (Fsp3) is 0.846. The number of rotatable bonds is 10. The molecule has 0 heterocycles. The number of nitrogens with one attached hydrogen (secondary N) is 1. The smallest absolute Gasteiger partial charge is 0.317 e. The van der Waals surface area contributed by atoms with E-state index in [0.717, 1.165) is 0 Å². The van der Waals surface area contributed by atoms with Crippen LogP contribution in [0.5, 0.6) is 0 Å². The van der Waals surface area contributed by atoms with Crippen LogP contribution in [0.25, 0.3) is 0 Å². The largest absolute Gasteiger partial charge is 0.481 e. The number of ether oxygens (including phenoxy) is 2. The highest BCUT2D eigenvalue weighted by Crippen LogP contribution is 2.03.